The molecule has 0 bridgehead atoms. The lowest BCUT2D eigenvalue weighted by atomic mass is 10.3. The number of hydrogen-bond donors (Lipinski definition) is 1. The van der Waals surface area contributed by atoms with Gasteiger partial charge in [0.05, 0.1) is 7.05 Å². The number of aryl methyl sites for hydroxylation is 1. The molecule has 2 aromatic rings. The van der Waals surface area contributed by atoms with Crippen molar-refractivity contribution < 1.29 is 23.1 Å². The van der Waals surface area contributed by atoms with Crippen LogP contribution in [0.4, 0.5) is 13.2 Å². The Morgan fingerprint density at radius 1 is 1.47 bits per heavy atom. The predicted molar refractivity (Wildman–Crippen MR) is 57.0 cm³/mol. The highest BCUT2D eigenvalue weighted by Crippen LogP contribution is 2.38. The van der Waals surface area contributed by atoms with E-state index in [0.717, 1.165) is 4.80 Å². The molecule has 1 N–H and O–H groups in total. The molecule has 2 rings (SSSR count). The Balaban J connectivity index is 2.35. The van der Waals surface area contributed by atoms with E-state index in [2.05, 4.69) is 20.4 Å². The third-order valence-electron chi connectivity index (χ3n) is 1.74. The SMILES string of the molecule is Cn1nnc(Sc2nc(C(F)(F)F)c(C(=O)O)s2)n1. The fraction of sp³-hybridized carbons (Fsp3) is 0.286. The summed E-state index contributed by atoms with van der Waals surface area (Å²) >= 11 is 1.13. The van der Waals surface area contributed by atoms with E-state index < -0.39 is 22.7 Å². The molecule has 0 saturated heterocycles. The molecule has 0 unspecified atom stereocenters. The van der Waals surface area contributed by atoms with Gasteiger partial charge in [-0.05, 0) is 17.0 Å². The number of carboxylic acids is 1. The number of halogens is 3. The van der Waals surface area contributed by atoms with Gasteiger partial charge in [-0.15, -0.1) is 10.2 Å². The molecule has 0 aliphatic rings. The van der Waals surface area contributed by atoms with Crippen molar-refractivity contribution in [1.82, 2.24) is 25.2 Å². The Morgan fingerprint density at radius 3 is 2.58 bits per heavy atom. The number of carbonyl (C=O) groups is 1. The van der Waals surface area contributed by atoms with Crippen molar-refractivity contribution in [2.45, 2.75) is 15.7 Å². The van der Waals surface area contributed by atoms with E-state index >= 15 is 0 Å². The van der Waals surface area contributed by atoms with Crippen LogP contribution in [0.5, 0.6) is 0 Å². The maximum atomic E-state index is 12.6. The number of hydrogen-bond acceptors (Lipinski definition) is 7. The highest BCUT2D eigenvalue weighted by atomic mass is 32.2. The first-order valence-corrected chi connectivity index (χ1v) is 6.14. The monoisotopic (exact) mass is 311 g/mol. The maximum Gasteiger partial charge on any atom is 0.435 e. The lowest BCUT2D eigenvalue weighted by Gasteiger charge is -2.02. The lowest BCUT2D eigenvalue weighted by molar-refractivity contribution is -0.141. The summed E-state index contributed by atoms with van der Waals surface area (Å²) in [6.45, 7) is 0. The van der Waals surface area contributed by atoms with Crippen LogP contribution in [-0.4, -0.2) is 36.3 Å². The Kier molecular flexibility index (Phi) is 3.45. The van der Waals surface area contributed by atoms with Crippen molar-refractivity contribution in [2.24, 2.45) is 7.05 Å². The maximum absolute atomic E-state index is 12.6. The van der Waals surface area contributed by atoms with Gasteiger partial charge in [0, 0.05) is 0 Å². The van der Waals surface area contributed by atoms with Gasteiger partial charge in [-0.2, -0.15) is 18.0 Å². The van der Waals surface area contributed by atoms with Gasteiger partial charge < -0.3 is 5.11 Å². The van der Waals surface area contributed by atoms with E-state index in [0.29, 0.717) is 23.1 Å². The molecule has 0 saturated carbocycles. The normalized spacial score (nSPS) is 11.8. The number of nitrogens with zero attached hydrogens (tertiary/aromatic N) is 5. The summed E-state index contributed by atoms with van der Waals surface area (Å²) in [5.74, 6) is -1.68. The molecule has 0 aliphatic heterocycles. The fourth-order valence-electron chi connectivity index (χ4n) is 1.07. The predicted octanol–water partition coefficient (Wildman–Crippen LogP) is 1.53. The van der Waals surface area contributed by atoms with Gasteiger partial charge in [0.2, 0.25) is 5.16 Å². The third kappa shape index (κ3) is 3.01. The molecule has 0 amide bonds. The summed E-state index contributed by atoms with van der Waals surface area (Å²) in [5, 5.41) is 19.6. The topological polar surface area (TPSA) is 93.8 Å². The smallest absolute Gasteiger partial charge is 0.435 e. The van der Waals surface area contributed by atoms with Gasteiger partial charge in [0.1, 0.15) is 4.88 Å². The molecule has 0 spiro atoms. The number of aromatic nitrogens is 5. The molecule has 12 heteroatoms. The molecule has 0 radical (unpaired) electrons. The minimum absolute atomic E-state index is 0.0851. The number of thiazole rings is 1. The Hall–Kier alpha value is -1.69. The Bertz CT molecular complexity index is 623. The summed E-state index contributed by atoms with van der Waals surface area (Å²) < 4.78 is 37.7. The van der Waals surface area contributed by atoms with Gasteiger partial charge in [-0.3, -0.25) is 0 Å². The van der Waals surface area contributed by atoms with E-state index in [9.17, 15) is 18.0 Å². The number of rotatable bonds is 3. The molecule has 0 aromatic carbocycles. The third-order valence-corrected chi connectivity index (χ3v) is 3.69. The standard InChI is InChI=1S/C7H4F3N5O2S2/c1-15-13-5(12-14-15)19-6-11-3(7(8,9)10)2(18-6)4(16)17/h1H3,(H,16,17). The van der Waals surface area contributed by atoms with E-state index in [-0.39, 0.29) is 9.50 Å². The average Bonchev–Trinajstić information content (AvgIpc) is 2.85. The number of tetrazole rings is 1. The average molecular weight is 311 g/mol. The zero-order chi connectivity index (χ0) is 14.2. The van der Waals surface area contributed by atoms with Crippen LogP contribution in [0.3, 0.4) is 0 Å². The van der Waals surface area contributed by atoms with Gasteiger partial charge in [-0.25, -0.2) is 9.78 Å². The molecule has 7 nitrogen and oxygen atoms in total. The van der Waals surface area contributed by atoms with Crippen molar-refractivity contribution >= 4 is 29.1 Å². The summed E-state index contributed by atoms with van der Waals surface area (Å²) in [5.41, 5.74) is -1.42. The summed E-state index contributed by atoms with van der Waals surface area (Å²) in [7, 11) is 1.49. The molecule has 0 aliphatic carbocycles. The van der Waals surface area contributed by atoms with Gasteiger partial charge in [-0.1, -0.05) is 11.3 Å². The van der Waals surface area contributed by atoms with Crippen LogP contribution < -0.4 is 0 Å². The van der Waals surface area contributed by atoms with Crippen LogP contribution in [0.25, 0.3) is 0 Å². The highest BCUT2D eigenvalue weighted by Gasteiger charge is 2.40. The molecular weight excluding hydrogens is 307 g/mol. The molecule has 0 fully saturated rings. The zero-order valence-electron chi connectivity index (χ0n) is 9.04. The van der Waals surface area contributed by atoms with Crippen molar-refractivity contribution in [3.8, 4) is 0 Å². The van der Waals surface area contributed by atoms with Crippen molar-refractivity contribution in [2.75, 3.05) is 0 Å². The number of alkyl halides is 3. The van der Waals surface area contributed by atoms with Crippen molar-refractivity contribution in [3.63, 3.8) is 0 Å². The van der Waals surface area contributed by atoms with Crippen LogP contribution in [0, 0.1) is 0 Å². The lowest BCUT2D eigenvalue weighted by Crippen LogP contribution is -2.11. The Labute approximate surface area is 111 Å². The van der Waals surface area contributed by atoms with E-state index in [1.807, 2.05) is 0 Å². The number of aromatic carboxylic acids is 1. The largest absolute Gasteiger partial charge is 0.477 e. The second kappa shape index (κ2) is 4.77. The van der Waals surface area contributed by atoms with Crippen LogP contribution in [0.15, 0.2) is 9.50 Å². The first-order chi connectivity index (χ1) is 8.77. The zero-order valence-corrected chi connectivity index (χ0v) is 10.7. The second-order valence-electron chi connectivity index (χ2n) is 3.12. The molecule has 102 valence electrons. The molecule has 2 aromatic heterocycles. The van der Waals surface area contributed by atoms with E-state index in [1.165, 1.54) is 7.05 Å². The summed E-state index contributed by atoms with van der Waals surface area (Å²) in [6, 6.07) is 0. The van der Waals surface area contributed by atoms with Crippen LogP contribution in [-0.2, 0) is 13.2 Å². The quantitative estimate of drug-likeness (QED) is 0.918. The minimum atomic E-state index is -4.82. The second-order valence-corrected chi connectivity index (χ2v) is 5.34. The fourth-order valence-corrected chi connectivity index (χ4v) is 2.89. The van der Waals surface area contributed by atoms with E-state index in [4.69, 9.17) is 5.11 Å². The minimum Gasteiger partial charge on any atom is -0.477 e. The molecular formula is C7H4F3N5O2S2. The number of carboxylic acid groups (broad SMARTS) is 1. The first kappa shape index (κ1) is 13.7. The molecule has 2 heterocycles. The van der Waals surface area contributed by atoms with Gasteiger partial charge in [0.25, 0.3) is 0 Å². The molecule has 19 heavy (non-hydrogen) atoms. The van der Waals surface area contributed by atoms with E-state index in [1.54, 1.807) is 0 Å². The van der Waals surface area contributed by atoms with Gasteiger partial charge in [0.15, 0.2) is 10.0 Å². The van der Waals surface area contributed by atoms with Crippen molar-refractivity contribution in [3.05, 3.63) is 10.6 Å². The van der Waals surface area contributed by atoms with Crippen LogP contribution in [0.1, 0.15) is 15.4 Å². The van der Waals surface area contributed by atoms with Crippen LogP contribution >= 0.6 is 23.1 Å². The summed E-state index contributed by atoms with van der Waals surface area (Å²) in [6.07, 6.45) is -4.82. The van der Waals surface area contributed by atoms with Crippen LogP contribution in [0.2, 0.25) is 0 Å². The Morgan fingerprint density at radius 2 is 2.16 bits per heavy atom. The van der Waals surface area contributed by atoms with Crippen molar-refractivity contribution in [1.29, 1.82) is 0 Å². The highest BCUT2D eigenvalue weighted by molar-refractivity contribution is 8.00. The first-order valence-electron chi connectivity index (χ1n) is 4.50. The summed E-state index contributed by atoms with van der Waals surface area (Å²) in [4.78, 5) is 14.3. The van der Waals surface area contributed by atoms with Gasteiger partial charge >= 0.3 is 12.1 Å². The molecule has 0 atom stereocenters.